The Kier molecular flexibility index (Phi) is 7.11. The lowest BCUT2D eigenvalue weighted by Crippen LogP contribution is -2.48. The van der Waals surface area contributed by atoms with E-state index >= 15 is 0 Å². The lowest BCUT2D eigenvalue weighted by molar-refractivity contribution is -0.121. The summed E-state index contributed by atoms with van der Waals surface area (Å²) in [5, 5.41) is 15.3. The fourth-order valence-corrected chi connectivity index (χ4v) is 3.53. The van der Waals surface area contributed by atoms with Gasteiger partial charge in [0.1, 0.15) is 5.75 Å². The van der Waals surface area contributed by atoms with Gasteiger partial charge in [-0.05, 0) is 62.4 Å². The zero-order chi connectivity index (χ0) is 20.6. The number of benzene rings is 2. The number of rotatable bonds is 6. The maximum Gasteiger partial charge on any atom is 0.317 e. The van der Waals surface area contributed by atoms with Crippen molar-refractivity contribution in [3.8, 4) is 5.75 Å². The van der Waals surface area contributed by atoms with E-state index in [0.717, 1.165) is 24.1 Å². The van der Waals surface area contributed by atoms with Crippen LogP contribution in [0.3, 0.4) is 0 Å². The largest absolute Gasteiger partial charge is 0.508 e. The summed E-state index contributed by atoms with van der Waals surface area (Å²) in [5.41, 5.74) is 1.94. The van der Waals surface area contributed by atoms with Crippen molar-refractivity contribution in [1.82, 2.24) is 10.2 Å². The van der Waals surface area contributed by atoms with Gasteiger partial charge in [0.25, 0.3) is 0 Å². The molecule has 0 saturated carbocycles. The third-order valence-electron chi connectivity index (χ3n) is 5.37. The minimum absolute atomic E-state index is 0.0264. The minimum Gasteiger partial charge on any atom is -0.508 e. The second-order valence-electron chi connectivity index (χ2n) is 7.67. The van der Waals surface area contributed by atoms with Crippen LogP contribution < -0.4 is 10.6 Å². The number of phenolic OH excluding ortho intramolecular Hbond substituents is 1. The van der Waals surface area contributed by atoms with Gasteiger partial charge in [0.05, 0.1) is 0 Å². The number of aromatic hydroxyl groups is 1. The molecule has 3 amide bonds. The lowest BCUT2D eigenvalue weighted by Gasteiger charge is -2.32. The predicted molar refractivity (Wildman–Crippen MR) is 114 cm³/mol. The molecule has 0 aliphatic carbocycles. The van der Waals surface area contributed by atoms with Gasteiger partial charge < -0.3 is 20.6 Å². The van der Waals surface area contributed by atoms with Crippen LogP contribution in [0.5, 0.6) is 5.75 Å². The number of aryl methyl sites for hydroxylation is 1. The summed E-state index contributed by atoms with van der Waals surface area (Å²) in [5.74, 6) is 0.223. The van der Waals surface area contributed by atoms with E-state index in [1.165, 1.54) is 0 Å². The first-order valence-corrected chi connectivity index (χ1v) is 10.2. The van der Waals surface area contributed by atoms with Gasteiger partial charge in [-0.3, -0.25) is 4.79 Å². The van der Waals surface area contributed by atoms with Crippen molar-refractivity contribution >= 4 is 17.6 Å². The van der Waals surface area contributed by atoms with Gasteiger partial charge in [-0.25, -0.2) is 4.79 Å². The Hall–Kier alpha value is -3.02. The number of nitrogens with zero attached hydrogens (tertiary/aromatic N) is 1. The number of carbonyl (C=O) groups excluding carboxylic acids is 2. The van der Waals surface area contributed by atoms with E-state index in [0.29, 0.717) is 25.9 Å². The van der Waals surface area contributed by atoms with Gasteiger partial charge in [0.15, 0.2) is 0 Å². The van der Waals surface area contributed by atoms with Crippen LogP contribution in [-0.4, -0.2) is 41.1 Å². The molecule has 6 heteroatoms. The smallest absolute Gasteiger partial charge is 0.317 e. The molecule has 1 atom stereocenters. The normalized spacial score (nSPS) is 15.6. The maximum atomic E-state index is 12.5. The first-order chi connectivity index (χ1) is 14.0. The number of amides is 3. The molecule has 154 valence electrons. The standard InChI is InChI=1S/C23H29N3O3/c1-17(7-8-18-9-11-21(27)12-10-18)24-23(29)26-15-13-19(14-16-26)22(28)25-20-5-3-2-4-6-20/h2-6,9-12,17,19,27H,7-8,13-16H2,1H3,(H,24,29)(H,25,28). The number of phenols is 1. The number of urea groups is 1. The van der Waals surface area contributed by atoms with Crippen LogP contribution in [-0.2, 0) is 11.2 Å². The average molecular weight is 396 g/mol. The summed E-state index contributed by atoms with van der Waals surface area (Å²) < 4.78 is 0. The number of anilines is 1. The predicted octanol–water partition coefficient (Wildman–Crippen LogP) is 3.77. The van der Waals surface area contributed by atoms with Gasteiger partial charge >= 0.3 is 6.03 Å². The van der Waals surface area contributed by atoms with Crippen LogP contribution >= 0.6 is 0 Å². The number of para-hydroxylation sites is 1. The minimum atomic E-state index is -0.0647. The Morgan fingerprint density at radius 3 is 2.38 bits per heavy atom. The molecule has 0 spiro atoms. The Bertz CT molecular complexity index is 800. The Morgan fingerprint density at radius 1 is 1.07 bits per heavy atom. The summed E-state index contributed by atoms with van der Waals surface area (Å²) in [6.07, 6.45) is 3.01. The number of likely N-dealkylation sites (tertiary alicyclic amines) is 1. The van der Waals surface area contributed by atoms with E-state index in [9.17, 15) is 14.7 Å². The molecule has 2 aromatic carbocycles. The van der Waals surface area contributed by atoms with Crippen molar-refractivity contribution in [3.05, 3.63) is 60.2 Å². The molecule has 6 nitrogen and oxygen atoms in total. The first kappa shape index (κ1) is 20.7. The summed E-state index contributed by atoms with van der Waals surface area (Å²) in [7, 11) is 0. The van der Waals surface area contributed by atoms with Crippen LogP contribution in [0.15, 0.2) is 54.6 Å². The molecule has 1 heterocycles. The highest BCUT2D eigenvalue weighted by molar-refractivity contribution is 5.92. The van der Waals surface area contributed by atoms with E-state index in [2.05, 4.69) is 10.6 Å². The van der Waals surface area contributed by atoms with Crippen LogP contribution in [0.1, 0.15) is 31.7 Å². The number of nitrogens with one attached hydrogen (secondary N) is 2. The molecule has 0 bridgehead atoms. The van der Waals surface area contributed by atoms with Crippen molar-refractivity contribution in [2.24, 2.45) is 5.92 Å². The Morgan fingerprint density at radius 2 is 1.72 bits per heavy atom. The lowest BCUT2D eigenvalue weighted by atomic mass is 9.96. The van der Waals surface area contributed by atoms with Crippen LogP contribution in [0, 0.1) is 5.92 Å². The molecule has 2 aromatic rings. The quantitative estimate of drug-likeness (QED) is 0.696. The molecule has 3 rings (SSSR count). The number of carbonyl (C=O) groups is 2. The molecule has 1 aliphatic rings. The maximum absolute atomic E-state index is 12.5. The summed E-state index contributed by atoms with van der Waals surface area (Å²) in [6, 6.07) is 16.6. The van der Waals surface area contributed by atoms with E-state index in [4.69, 9.17) is 0 Å². The van der Waals surface area contributed by atoms with Gasteiger partial charge in [-0.15, -0.1) is 0 Å². The zero-order valence-corrected chi connectivity index (χ0v) is 16.8. The number of hydrogen-bond acceptors (Lipinski definition) is 3. The molecular weight excluding hydrogens is 366 g/mol. The van der Waals surface area contributed by atoms with Gasteiger partial charge in [-0.2, -0.15) is 0 Å². The molecule has 1 unspecified atom stereocenters. The highest BCUT2D eigenvalue weighted by atomic mass is 16.3. The molecule has 1 aliphatic heterocycles. The third-order valence-corrected chi connectivity index (χ3v) is 5.37. The zero-order valence-electron chi connectivity index (χ0n) is 16.8. The molecule has 0 aromatic heterocycles. The molecule has 0 radical (unpaired) electrons. The molecule has 3 N–H and O–H groups in total. The van der Waals surface area contributed by atoms with E-state index in [-0.39, 0.29) is 29.6 Å². The van der Waals surface area contributed by atoms with Crippen LogP contribution in [0.25, 0.3) is 0 Å². The SMILES string of the molecule is CC(CCc1ccc(O)cc1)NC(=O)N1CCC(C(=O)Nc2ccccc2)CC1. The van der Waals surface area contributed by atoms with E-state index < -0.39 is 0 Å². The summed E-state index contributed by atoms with van der Waals surface area (Å²) in [6.45, 7) is 3.17. The fourth-order valence-electron chi connectivity index (χ4n) is 3.53. The monoisotopic (exact) mass is 395 g/mol. The van der Waals surface area contributed by atoms with Crippen LogP contribution in [0.4, 0.5) is 10.5 Å². The number of piperidine rings is 1. The second kappa shape index (κ2) is 9.96. The van der Waals surface area contributed by atoms with Gasteiger partial charge in [0.2, 0.25) is 5.91 Å². The molecule has 29 heavy (non-hydrogen) atoms. The fraction of sp³-hybridized carbons (Fsp3) is 0.391. The van der Waals surface area contributed by atoms with Gasteiger partial charge in [-0.1, -0.05) is 30.3 Å². The highest BCUT2D eigenvalue weighted by Gasteiger charge is 2.27. The Balaban J connectivity index is 1.38. The van der Waals surface area contributed by atoms with E-state index in [1.807, 2.05) is 49.4 Å². The molecular formula is C23H29N3O3. The van der Waals surface area contributed by atoms with E-state index in [1.54, 1.807) is 17.0 Å². The first-order valence-electron chi connectivity index (χ1n) is 10.2. The summed E-state index contributed by atoms with van der Waals surface area (Å²) >= 11 is 0. The Labute approximate surface area is 171 Å². The van der Waals surface area contributed by atoms with Crippen molar-refractivity contribution in [3.63, 3.8) is 0 Å². The van der Waals surface area contributed by atoms with Crippen molar-refractivity contribution in [2.75, 3.05) is 18.4 Å². The van der Waals surface area contributed by atoms with Crippen molar-refractivity contribution in [2.45, 2.75) is 38.6 Å². The average Bonchev–Trinajstić information content (AvgIpc) is 2.74. The topological polar surface area (TPSA) is 81.7 Å². The van der Waals surface area contributed by atoms with Crippen molar-refractivity contribution < 1.29 is 14.7 Å². The molecule has 1 saturated heterocycles. The van der Waals surface area contributed by atoms with Gasteiger partial charge in [0, 0.05) is 30.7 Å². The van der Waals surface area contributed by atoms with Crippen LogP contribution in [0.2, 0.25) is 0 Å². The number of hydrogen-bond donors (Lipinski definition) is 3. The third kappa shape index (κ3) is 6.24. The molecule has 1 fully saturated rings. The summed E-state index contributed by atoms with van der Waals surface area (Å²) in [4.78, 5) is 26.7. The second-order valence-corrected chi connectivity index (χ2v) is 7.67. The van der Waals surface area contributed by atoms with Crippen molar-refractivity contribution in [1.29, 1.82) is 0 Å². The highest BCUT2D eigenvalue weighted by Crippen LogP contribution is 2.20.